The lowest BCUT2D eigenvalue weighted by atomic mass is 9.95. The van der Waals surface area contributed by atoms with Gasteiger partial charge in [0.1, 0.15) is 6.07 Å². The number of aromatic nitrogens is 2. The van der Waals surface area contributed by atoms with Gasteiger partial charge in [0.15, 0.2) is 0 Å². The van der Waals surface area contributed by atoms with E-state index in [-0.39, 0.29) is 0 Å². The molecular weight excluding hydrogens is 236 g/mol. The van der Waals surface area contributed by atoms with Gasteiger partial charge < -0.3 is 9.88 Å². The van der Waals surface area contributed by atoms with E-state index in [0.717, 1.165) is 18.5 Å². The monoisotopic (exact) mass is 252 g/mol. The third-order valence-electron chi connectivity index (χ3n) is 3.81. The Hall–Kier alpha value is -2.28. The van der Waals surface area contributed by atoms with Crippen LogP contribution in [0.2, 0.25) is 0 Å². The molecule has 0 saturated carbocycles. The van der Waals surface area contributed by atoms with Crippen molar-refractivity contribution in [3.05, 3.63) is 47.5 Å². The predicted molar refractivity (Wildman–Crippen MR) is 74.0 cm³/mol. The molecule has 2 heterocycles. The molecule has 0 fully saturated rings. The Balaban J connectivity index is 2.03. The maximum atomic E-state index is 9.07. The molecule has 1 N–H and O–H groups in total. The first-order valence-electron chi connectivity index (χ1n) is 6.56. The highest BCUT2D eigenvalue weighted by Crippen LogP contribution is 2.32. The van der Waals surface area contributed by atoms with Gasteiger partial charge in [-0.15, -0.1) is 0 Å². The van der Waals surface area contributed by atoms with Gasteiger partial charge in [0.25, 0.3) is 0 Å². The molecule has 2 aromatic rings. The van der Waals surface area contributed by atoms with Crippen LogP contribution in [0.3, 0.4) is 0 Å². The summed E-state index contributed by atoms with van der Waals surface area (Å²) in [4.78, 5) is 4.25. The summed E-state index contributed by atoms with van der Waals surface area (Å²) in [6.45, 7) is 0. The van der Waals surface area contributed by atoms with Crippen LogP contribution in [-0.4, -0.2) is 16.6 Å². The summed E-state index contributed by atoms with van der Waals surface area (Å²) in [6.07, 6.45) is 7.28. The van der Waals surface area contributed by atoms with Crippen molar-refractivity contribution < 1.29 is 0 Å². The summed E-state index contributed by atoms with van der Waals surface area (Å²) in [6, 6.07) is 8.58. The van der Waals surface area contributed by atoms with Crippen LogP contribution in [-0.2, 0) is 6.42 Å². The lowest BCUT2D eigenvalue weighted by Gasteiger charge is -2.26. The van der Waals surface area contributed by atoms with E-state index in [0.29, 0.717) is 11.6 Å². The van der Waals surface area contributed by atoms with Crippen molar-refractivity contribution >= 4 is 5.69 Å². The van der Waals surface area contributed by atoms with Crippen LogP contribution < -0.4 is 5.32 Å². The van der Waals surface area contributed by atoms with Crippen molar-refractivity contribution in [2.45, 2.75) is 25.3 Å². The fourth-order valence-corrected chi connectivity index (χ4v) is 2.82. The first-order valence-corrected chi connectivity index (χ1v) is 6.56. The minimum absolute atomic E-state index is 0.339. The fourth-order valence-electron chi connectivity index (χ4n) is 2.82. The largest absolute Gasteiger partial charge is 0.387 e. The maximum Gasteiger partial charge on any atom is 0.101 e. The Morgan fingerprint density at radius 3 is 3.16 bits per heavy atom. The molecule has 1 unspecified atom stereocenters. The van der Waals surface area contributed by atoms with Crippen LogP contribution in [0.4, 0.5) is 5.69 Å². The molecule has 4 heteroatoms. The van der Waals surface area contributed by atoms with Crippen LogP contribution in [0.15, 0.2) is 30.7 Å². The zero-order chi connectivity index (χ0) is 13.2. The first kappa shape index (κ1) is 11.8. The summed E-state index contributed by atoms with van der Waals surface area (Å²) >= 11 is 0. The third kappa shape index (κ3) is 1.97. The topological polar surface area (TPSA) is 53.6 Å². The number of fused-ring (bicyclic) bond motifs is 1. The molecule has 1 aliphatic heterocycles. The minimum atomic E-state index is 0.339. The summed E-state index contributed by atoms with van der Waals surface area (Å²) < 4.78 is 2.25. The van der Waals surface area contributed by atoms with Crippen LogP contribution in [0, 0.1) is 11.3 Å². The molecule has 19 heavy (non-hydrogen) atoms. The van der Waals surface area contributed by atoms with Gasteiger partial charge in [0.2, 0.25) is 0 Å². The standard InChI is InChI=1S/C15H16N4/c1-17-14-7-11(5-6-12(14)8-16)15-4-2-3-13-9-18-10-19(13)15/h5-7,9-10,15,17H,2-4H2,1H3. The number of anilines is 1. The molecule has 0 amide bonds. The van der Waals surface area contributed by atoms with Crippen molar-refractivity contribution in [1.29, 1.82) is 5.26 Å². The highest BCUT2D eigenvalue weighted by molar-refractivity contribution is 5.59. The third-order valence-corrected chi connectivity index (χ3v) is 3.81. The number of rotatable bonds is 2. The Bertz CT molecular complexity index is 636. The summed E-state index contributed by atoms with van der Waals surface area (Å²) in [5.74, 6) is 0. The molecule has 0 aliphatic carbocycles. The average Bonchev–Trinajstić information content (AvgIpc) is 2.94. The Morgan fingerprint density at radius 2 is 2.37 bits per heavy atom. The summed E-state index contributed by atoms with van der Waals surface area (Å²) in [5.41, 5.74) is 4.12. The van der Waals surface area contributed by atoms with E-state index in [4.69, 9.17) is 5.26 Å². The molecular formula is C15H16N4. The maximum absolute atomic E-state index is 9.07. The number of aryl methyl sites for hydroxylation is 1. The number of hydrogen-bond acceptors (Lipinski definition) is 3. The van der Waals surface area contributed by atoms with E-state index in [9.17, 15) is 0 Å². The SMILES string of the molecule is CNc1cc(C2CCCc3cncn32)ccc1C#N. The number of nitriles is 1. The molecule has 0 spiro atoms. The van der Waals surface area contributed by atoms with Crippen LogP contribution in [0.1, 0.15) is 35.7 Å². The van der Waals surface area contributed by atoms with E-state index in [1.54, 1.807) is 0 Å². The number of imidazole rings is 1. The second kappa shape index (κ2) is 4.77. The van der Waals surface area contributed by atoms with Gasteiger partial charge in [0.05, 0.1) is 23.6 Å². The van der Waals surface area contributed by atoms with Gasteiger partial charge in [-0.2, -0.15) is 5.26 Å². The summed E-state index contributed by atoms with van der Waals surface area (Å²) in [7, 11) is 1.85. The second-order valence-electron chi connectivity index (χ2n) is 4.87. The van der Waals surface area contributed by atoms with E-state index >= 15 is 0 Å². The van der Waals surface area contributed by atoms with Crippen molar-refractivity contribution in [2.24, 2.45) is 0 Å². The zero-order valence-corrected chi connectivity index (χ0v) is 10.9. The quantitative estimate of drug-likeness (QED) is 0.894. The Morgan fingerprint density at radius 1 is 1.47 bits per heavy atom. The zero-order valence-electron chi connectivity index (χ0n) is 10.9. The number of hydrogen-bond donors (Lipinski definition) is 1. The molecule has 0 bridgehead atoms. The van der Waals surface area contributed by atoms with Crippen LogP contribution in [0.25, 0.3) is 0 Å². The van der Waals surface area contributed by atoms with Gasteiger partial charge in [-0.25, -0.2) is 4.98 Å². The van der Waals surface area contributed by atoms with Gasteiger partial charge in [-0.1, -0.05) is 6.07 Å². The molecule has 0 radical (unpaired) electrons. The molecule has 1 aromatic carbocycles. The highest BCUT2D eigenvalue weighted by Gasteiger charge is 2.21. The van der Waals surface area contributed by atoms with Gasteiger partial charge in [-0.05, 0) is 37.0 Å². The van der Waals surface area contributed by atoms with E-state index < -0.39 is 0 Å². The van der Waals surface area contributed by atoms with Crippen LogP contribution in [0.5, 0.6) is 0 Å². The Labute approximate surface area is 112 Å². The summed E-state index contributed by atoms with van der Waals surface area (Å²) in [5, 5.41) is 12.2. The number of nitrogens with zero attached hydrogens (tertiary/aromatic N) is 3. The second-order valence-corrected chi connectivity index (χ2v) is 4.87. The van der Waals surface area contributed by atoms with Crippen molar-refractivity contribution in [1.82, 2.24) is 9.55 Å². The van der Waals surface area contributed by atoms with Crippen LogP contribution >= 0.6 is 0 Å². The minimum Gasteiger partial charge on any atom is -0.387 e. The number of benzene rings is 1. The predicted octanol–water partition coefficient (Wildman–Crippen LogP) is 2.72. The highest BCUT2D eigenvalue weighted by atomic mass is 15.1. The van der Waals surface area contributed by atoms with Crippen molar-refractivity contribution in [2.75, 3.05) is 12.4 Å². The molecule has 1 aliphatic rings. The molecule has 1 atom stereocenters. The van der Waals surface area contributed by atoms with E-state index in [2.05, 4.69) is 33.1 Å². The normalized spacial score (nSPS) is 17.6. The molecule has 0 saturated heterocycles. The lowest BCUT2D eigenvalue weighted by molar-refractivity contribution is 0.458. The van der Waals surface area contributed by atoms with E-state index in [1.165, 1.54) is 17.7 Å². The molecule has 3 rings (SSSR count). The molecule has 4 nitrogen and oxygen atoms in total. The first-order chi connectivity index (χ1) is 9.33. The molecule has 96 valence electrons. The van der Waals surface area contributed by atoms with E-state index in [1.807, 2.05) is 25.6 Å². The fraction of sp³-hybridized carbons (Fsp3) is 0.333. The van der Waals surface area contributed by atoms with Gasteiger partial charge in [-0.3, -0.25) is 0 Å². The average molecular weight is 252 g/mol. The molecule has 1 aromatic heterocycles. The van der Waals surface area contributed by atoms with Gasteiger partial charge >= 0.3 is 0 Å². The van der Waals surface area contributed by atoms with Crippen molar-refractivity contribution in [3.63, 3.8) is 0 Å². The Kier molecular flexibility index (Phi) is 2.96. The van der Waals surface area contributed by atoms with Crippen molar-refractivity contribution in [3.8, 4) is 6.07 Å². The number of nitrogens with one attached hydrogen (secondary N) is 1. The smallest absolute Gasteiger partial charge is 0.101 e. The van der Waals surface area contributed by atoms with Gasteiger partial charge in [0, 0.05) is 18.9 Å². The lowest BCUT2D eigenvalue weighted by Crippen LogP contribution is -2.17.